The van der Waals surface area contributed by atoms with Crippen LogP contribution in [-0.4, -0.2) is 42.2 Å². The molecule has 0 radical (unpaired) electrons. The molecule has 1 saturated heterocycles. The van der Waals surface area contributed by atoms with Crippen LogP contribution in [0.1, 0.15) is 51.7 Å². The number of ether oxygens (including phenoxy) is 1. The Hall–Kier alpha value is -1.86. The molecular weight excluding hydrogens is 368 g/mol. The van der Waals surface area contributed by atoms with Gasteiger partial charge < -0.3 is 15.2 Å². The molecule has 5 nitrogen and oxygen atoms in total. The molecule has 1 aromatic carbocycles. The summed E-state index contributed by atoms with van der Waals surface area (Å²) in [7, 11) is 0. The Kier molecular flexibility index (Phi) is 7.28. The quantitative estimate of drug-likeness (QED) is 0.774. The summed E-state index contributed by atoms with van der Waals surface area (Å²) in [6.07, 6.45) is -0.291. The lowest BCUT2D eigenvalue weighted by Gasteiger charge is -2.30. The van der Waals surface area contributed by atoms with Gasteiger partial charge in [0.2, 0.25) is 5.91 Å². The molecule has 0 aromatic heterocycles. The number of ketones is 1. The zero-order valence-corrected chi connectivity index (χ0v) is 16.9. The topological polar surface area (TPSA) is 75.6 Å². The van der Waals surface area contributed by atoms with Gasteiger partial charge >= 0.3 is 0 Å². The minimum atomic E-state index is -1.25. The van der Waals surface area contributed by atoms with Gasteiger partial charge in [-0.3, -0.25) is 9.59 Å². The number of nitrogens with one attached hydrogen (secondary N) is 1. The van der Waals surface area contributed by atoms with Crippen molar-refractivity contribution in [3.63, 3.8) is 0 Å². The maximum Gasteiger partial charge on any atom is 0.249 e. The first kappa shape index (κ1) is 22.4. The molecule has 156 valence electrons. The molecule has 2 atom stereocenters. The number of amides is 1. The van der Waals surface area contributed by atoms with E-state index in [0.717, 1.165) is 0 Å². The fourth-order valence-corrected chi connectivity index (χ4v) is 3.54. The molecule has 28 heavy (non-hydrogen) atoms. The molecule has 0 unspecified atom stereocenters. The predicted molar refractivity (Wildman–Crippen MR) is 101 cm³/mol. The van der Waals surface area contributed by atoms with Crippen molar-refractivity contribution in [2.75, 3.05) is 13.2 Å². The third-order valence-electron chi connectivity index (χ3n) is 4.99. The zero-order valence-electron chi connectivity index (χ0n) is 16.9. The van der Waals surface area contributed by atoms with Gasteiger partial charge in [0.25, 0.3) is 0 Å². The highest BCUT2D eigenvalue weighted by atomic mass is 19.1. The summed E-state index contributed by atoms with van der Waals surface area (Å²) >= 11 is 0. The smallest absolute Gasteiger partial charge is 0.249 e. The van der Waals surface area contributed by atoms with Crippen LogP contribution in [0.3, 0.4) is 0 Å². The van der Waals surface area contributed by atoms with Crippen LogP contribution in [0.25, 0.3) is 0 Å². The Morgan fingerprint density at radius 1 is 1.21 bits per heavy atom. The first-order valence-corrected chi connectivity index (χ1v) is 9.58. The third kappa shape index (κ3) is 5.58. The second-order valence-electron chi connectivity index (χ2n) is 8.44. The number of aliphatic hydroxyl groups is 1. The molecule has 1 amide bonds. The monoisotopic (exact) mass is 397 g/mol. The van der Waals surface area contributed by atoms with Gasteiger partial charge in [-0.25, -0.2) is 8.78 Å². The molecule has 0 saturated carbocycles. The van der Waals surface area contributed by atoms with Crippen molar-refractivity contribution in [1.29, 1.82) is 0 Å². The molecule has 0 aliphatic carbocycles. The lowest BCUT2D eigenvalue weighted by molar-refractivity contribution is -0.134. The molecule has 0 bridgehead atoms. The van der Waals surface area contributed by atoms with Crippen LogP contribution in [0.15, 0.2) is 12.1 Å². The summed E-state index contributed by atoms with van der Waals surface area (Å²) in [5.41, 5.74) is -0.504. The van der Waals surface area contributed by atoms with E-state index in [1.165, 1.54) is 19.1 Å². The van der Waals surface area contributed by atoms with Crippen molar-refractivity contribution < 1.29 is 28.2 Å². The SMILES string of the molecule is C[C@H](O)C(=O)N[C@@H](C(=O)Cc1cc(F)c(C(C)(C)C)c(F)c1)C1CCOCC1. The van der Waals surface area contributed by atoms with Crippen LogP contribution < -0.4 is 5.32 Å². The van der Waals surface area contributed by atoms with E-state index >= 15 is 0 Å². The van der Waals surface area contributed by atoms with E-state index in [1.54, 1.807) is 20.8 Å². The van der Waals surface area contributed by atoms with E-state index in [-0.39, 0.29) is 29.2 Å². The highest BCUT2D eigenvalue weighted by molar-refractivity contribution is 5.91. The van der Waals surface area contributed by atoms with Crippen molar-refractivity contribution in [3.05, 3.63) is 34.9 Å². The summed E-state index contributed by atoms with van der Waals surface area (Å²) < 4.78 is 34.2. The highest BCUT2D eigenvalue weighted by Gasteiger charge is 2.32. The van der Waals surface area contributed by atoms with E-state index < -0.39 is 35.1 Å². The molecule has 2 N–H and O–H groups in total. The predicted octanol–water partition coefficient (Wildman–Crippen LogP) is 2.67. The minimum Gasteiger partial charge on any atom is -0.384 e. The summed E-state index contributed by atoms with van der Waals surface area (Å²) in [5.74, 6) is -2.52. The standard InChI is InChI=1S/C21H29F2NO4/c1-12(25)20(27)24-19(14-5-7-28-8-6-14)17(26)11-13-9-15(22)18(16(23)10-13)21(2,3)4/h9-10,12,14,19,25H,5-8,11H2,1-4H3,(H,24,27)/t12-,19+/m0/s1. The van der Waals surface area contributed by atoms with Crippen molar-refractivity contribution in [1.82, 2.24) is 5.32 Å². The molecule has 1 aliphatic rings. The number of halogens is 2. The van der Waals surface area contributed by atoms with Crippen molar-refractivity contribution in [3.8, 4) is 0 Å². The molecule has 1 heterocycles. The maximum atomic E-state index is 14.5. The first-order chi connectivity index (χ1) is 13.0. The largest absolute Gasteiger partial charge is 0.384 e. The summed E-state index contributed by atoms with van der Waals surface area (Å²) in [5, 5.41) is 12.1. The fourth-order valence-electron chi connectivity index (χ4n) is 3.54. The summed E-state index contributed by atoms with van der Waals surface area (Å²) in [6, 6.07) is 1.53. The van der Waals surface area contributed by atoms with Crippen molar-refractivity contribution in [2.24, 2.45) is 5.92 Å². The minimum absolute atomic E-state index is 0.0212. The molecule has 1 fully saturated rings. The number of hydrogen-bond acceptors (Lipinski definition) is 4. The van der Waals surface area contributed by atoms with Gasteiger partial charge in [0.1, 0.15) is 17.7 Å². The second kappa shape index (κ2) is 9.09. The van der Waals surface area contributed by atoms with E-state index in [2.05, 4.69) is 5.32 Å². The number of carbonyl (C=O) groups is 2. The number of carbonyl (C=O) groups excluding carboxylic acids is 2. The number of hydrogen-bond donors (Lipinski definition) is 2. The molecule has 0 spiro atoms. The Morgan fingerprint density at radius 3 is 2.21 bits per heavy atom. The number of benzene rings is 1. The first-order valence-electron chi connectivity index (χ1n) is 9.58. The van der Waals surface area contributed by atoms with Crippen molar-refractivity contribution in [2.45, 2.75) is 64.5 Å². The number of Topliss-reactive ketones (excluding diaryl/α,β-unsaturated/α-hetero) is 1. The van der Waals surface area contributed by atoms with Gasteiger partial charge in [0.05, 0.1) is 6.04 Å². The van der Waals surface area contributed by atoms with E-state index in [9.17, 15) is 23.5 Å². The molecular formula is C21H29F2NO4. The lowest BCUT2D eigenvalue weighted by atomic mass is 9.84. The van der Waals surface area contributed by atoms with Gasteiger partial charge in [-0.2, -0.15) is 0 Å². The zero-order chi connectivity index (χ0) is 21.1. The van der Waals surface area contributed by atoms with Crippen LogP contribution in [0.2, 0.25) is 0 Å². The van der Waals surface area contributed by atoms with Gasteiger partial charge in [-0.05, 0) is 48.8 Å². The average Bonchev–Trinajstić information content (AvgIpc) is 2.58. The fraction of sp³-hybridized carbons (Fsp3) is 0.619. The number of aliphatic hydroxyl groups excluding tert-OH is 1. The van der Waals surface area contributed by atoms with Crippen LogP contribution in [-0.2, 0) is 26.2 Å². The van der Waals surface area contributed by atoms with Gasteiger partial charge in [0, 0.05) is 25.2 Å². The molecule has 1 aliphatic heterocycles. The van der Waals surface area contributed by atoms with Gasteiger partial charge in [0.15, 0.2) is 5.78 Å². The van der Waals surface area contributed by atoms with E-state index in [1.807, 2.05) is 0 Å². The van der Waals surface area contributed by atoms with Crippen LogP contribution in [0.4, 0.5) is 8.78 Å². The van der Waals surface area contributed by atoms with Gasteiger partial charge in [-0.1, -0.05) is 20.8 Å². The average molecular weight is 397 g/mol. The normalized spacial score (nSPS) is 17.8. The molecule has 1 aromatic rings. The Labute approximate surface area is 164 Å². The third-order valence-corrected chi connectivity index (χ3v) is 4.99. The molecule has 2 rings (SSSR count). The molecule has 7 heteroatoms. The van der Waals surface area contributed by atoms with Crippen LogP contribution in [0, 0.1) is 17.6 Å². The Morgan fingerprint density at radius 2 is 1.75 bits per heavy atom. The highest BCUT2D eigenvalue weighted by Crippen LogP contribution is 2.29. The Bertz CT molecular complexity index is 699. The van der Waals surface area contributed by atoms with E-state index in [0.29, 0.717) is 26.1 Å². The second-order valence-corrected chi connectivity index (χ2v) is 8.44. The van der Waals surface area contributed by atoms with Crippen LogP contribution in [0.5, 0.6) is 0 Å². The summed E-state index contributed by atoms with van der Waals surface area (Å²) in [4.78, 5) is 24.8. The summed E-state index contributed by atoms with van der Waals surface area (Å²) in [6.45, 7) is 7.41. The van der Waals surface area contributed by atoms with Crippen molar-refractivity contribution >= 4 is 11.7 Å². The van der Waals surface area contributed by atoms with Crippen LogP contribution >= 0.6 is 0 Å². The lowest BCUT2D eigenvalue weighted by Crippen LogP contribution is -2.50. The Balaban J connectivity index is 2.23. The van der Waals surface area contributed by atoms with E-state index in [4.69, 9.17) is 4.74 Å². The number of rotatable bonds is 6. The van der Waals surface area contributed by atoms with Gasteiger partial charge in [-0.15, -0.1) is 0 Å². The maximum absolute atomic E-state index is 14.5.